The third-order valence-electron chi connectivity index (χ3n) is 10.6. The van der Waals surface area contributed by atoms with Gasteiger partial charge in [-0.15, -0.1) is 0 Å². The highest BCUT2D eigenvalue weighted by atomic mass is 16.6. The summed E-state index contributed by atoms with van der Waals surface area (Å²) in [5.41, 5.74) is 0. The van der Waals surface area contributed by atoms with Crippen LogP contribution in [0.25, 0.3) is 0 Å². The van der Waals surface area contributed by atoms with Crippen molar-refractivity contribution in [3.05, 3.63) is 0 Å². The summed E-state index contributed by atoms with van der Waals surface area (Å²) in [7, 11) is 0. The van der Waals surface area contributed by atoms with Crippen molar-refractivity contribution in [1.29, 1.82) is 0 Å². The van der Waals surface area contributed by atoms with Gasteiger partial charge in [0.15, 0.2) is 6.10 Å². The largest absolute Gasteiger partial charge is 0.462 e. The molecule has 53 heavy (non-hydrogen) atoms. The van der Waals surface area contributed by atoms with Crippen molar-refractivity contribution >= 4 is 17.9 Å². The highest BCUT2D eigenvalue weighted by Gasteiger charge is 2.19. The van der Waals surface area contributed by atoms with Gasteiger partial charge in [0.1, 0.15) is 13.2 Å². The molecule has 0 aliphatic heterocycles. The Balaban J connectivity index is 4.17. The van der Waals surface area contributed by atoms with Crippen LogP contribution in [0.1, 0.15) is 265 Å². The van der Waals surface area contributed by atoms with Crippen molar-refractivity contribution in [1.82, 2.24) is 0 Å². The molecule has 0 radical (unpaired) electrons. The average Bonchev–Trinajstić information content (AvgIpc) is 3.15. The Kier molecular flexibility index (Phi) is 41.8. The van der Waals surface area contributed by atoms with E-state index < -0.39 is 6.10 Å². The number of hydrogen-bond acceptors (Lipinski definition) is 6. The van der Waals surface area contributed by atoms with E-state index in [9.17, 15) is 14.4 Å². The Labute approximate surface area is 329 Å². The molecule has 0 rings (SSSR count). The van der Waals surface area contributed by atoms with Crippen molar-refractivity contribution in [2.24, 2.45) is 0 Å². The number of carbonyl (C=O) groups excluding carboxylic acids is 3. The van der Waals surface area contributed by atoms with Crippen LogP contribution in [0.5, 0.6) is 0 Å². The van der Waals surface area contributed by atoms with Crippen LogP contribution < -0.4 is 0 Å². The lowest BCUT2D eigenvalue weighted by atomic mass is 10.0. The maximum Gasteiger partial charge on any atom is 0.306 e. The van der Waals surface area contributed by atoms with Crippen molar-refractivity contribution < 1.29 is 28.6 Å². The zero-order chi connectivity index (χ0) is 38.7. The molecule has 0 saturated heterocycles. The van der Waals surface area contributed by atoms with Crippen LogP contribution in [0.2, 0.25) is 0 Å². The van der Waals surface area contributed by atoms with Gasteiger partial charge in [-0.3, -0.25) is 14.4 Å². The van der Waals surface area contributed by atoms with E-state index in [1.54, 1.807) is 0 Å². The summed E-state index contributed by atoms with van der Waals surface area (Å²) in [6.07, 6.45) is 43.8. The molecule has 0 aromatic rings. The van der Waals surface area contributed by atoms with Gasteiger partial charge in [0.25, 0.3) is 0 Å². The van der Waals surface area contributed by atoms with Crippen molar-refractivity contribution in [3.63, 3.8) is 0 Å². The second kappa shape index (κ2) is 43.1. The molecule has 0 aromatic carbocycles. The molecular weight excluding hydrogens is 661 g/mol. The average molecular weight is 751 g/mol. The number of carbonyl (C=O) groups is 3. The SMILES string of the molecule is CCCCCCCCCCCCCCCCCCCC(=O)OC[C@H](COC(=O)CCCCCCCCCCCCC)OC(=O)CCCCCCCCC. The summed E-state index contributed by atoms with van der Waals surface area (Å²) in [4.78, 5) is 37.6. The minimum absolute atomic E-state index is 0.0632. The first-order valence-electron chi connectivity index (χ1n) is 23.5. The topological polar surface area (TPSA) is 78.9 Å². The molecule has 0 aliphatic rings. The van der Waals surface area contributed by atoms with Crippen LogP contribution in [0, 0.1) is 0 Å². The first kappa shape index (κ1) is 51.4. The normalized spacial score (nSPS) is 11.8. The van der Waals surface area contributed by atoms with Gasteiger partial charge in [0.05, 0.1) is 0 Å². The summed E-state index contributed by atoms with van der Waals surface area (Å²) in [6.45, 7) is 6.61. The molecule has 0 bridgehead atoms. The Morgan fingerprint density at radius 3 is 0.755 bits per heavy atom. The highest BCUT2D eigenvalue weighted by Crippen LogP contribution is 2.16. The zero-order valence-electron chi connectivity index (χ0n) is 35.8. The third kappa shape index (κ3) is 41.4. The van der Waals surface area contributed by atoms with Crippen LogP contribution in [0.15, 0.2) is 0 Å². The molecule has 0 saturated carbocycles. The van der Waals surface area contributed by atoms with Crippen LogP contribution in [-0.4, -0.2) is 37.2 Å². The Bertz CT molecular complexity index is 783. The minimum atomic E-state index is -0.757. The van der Waals surface area contributed by atoms with E-state index in [4.69, 9.17) is 14.2 Å². The smallest absolute Gasteiger partial charge is 0.306 e. The predicted molar refractivity (Wildman–Crippen MR) is 224 cm³/mol. The number of ether oxygens (including phenoxy) is 3. The molecule has 0 heterocycles. The van der Waals surface area contributed by atoms with Crippen molar-refractivity contribution in [2.75, 3.05) is 13.2 Å². The molecule has 6 heteroatoms. The third-order valence-corrected chi connectivity index (χ3v) is 10.6. The summed E-state index contributed by atoms with van der Waals surface area (Å²) >= 11 is 0. The van der Waals surface area contributed by atoms with Crippen LogP contribution in [0.4, 0.5) is 0 Å². The monoisotopic (exact) mass is 751 g/mol. The molecule has 0 amide bonds. The molecule has 0 unspecified atom stereocenters. The van der Waals surface area contributed by atoms with E-state index in [0.29, 0.717) is 19.3 Å². The van der Waals surface area contributed by atoms with E-state index >= 15 is 0 Å². The van der Waals surface area contributed by atoms with Crippen molar-refractivity contribution in [2.45, 2.75) is 271 Å². The van der Waals surface area contributed by atoms with Gasteiger partial charge in [-0.05, 0) is 19.3 Å². The van der Waals surface area contributed by atoms with Crippen molar-refractivity contribution in [3.8, 4) is 0 Å². The minimum Gasteiger partial charge on any atom is -0.462 e. The van der Waals surface area contributed by atoms with Crippen LogP contribution >= 0.6 is 0 Å². The molecule has 314 valence electrons. The molecule has 0 spiro atoms. The number of esters is 3. The van der Waals surface area contributed by atoms with E-state index in [-0.39, 0.29) is 31.1 Å². The fourth-order valence-corrected chi connectivity index (χ4v) is 7.03. The summed E-state index contributed by atoms with van der Waals surface area (Å²) < 4.78 is 16.7. The molecular formula is C47H90O6. The summed E-state index contributed by atoms with van der Waals surface area (Å²) in [5.74, 6) is -0.857. The molecule has 0 fully saturated rings. The second-order valence-electron chi connectivity index (χ2n) is 16.0. The number of unbranched alkanes of at least 4 members (excludes halogenated alkanes) is 32. The van der Waals surface area contributed by atoms with E-state index in [0.717, 1.165) is 57.8 Å². The zero-order valence-corrected chi connectivity index (χ0v) is 35.8. The fraction of sp³-hybridized carbons (Fsp3) is 0.936. The quantitative estimate of drug-likeness (QED) is 0.0351. The summed E-state index contributed by atoms with van der Waals surface area (Å²) in [5, 5.41) is 0. The lowest BCUT2D eigenvalue weighted by Crippen LogP contribution is -2.30. The fourth-order valence-electron chi connectivity index (χ4n) is 7.03. The van der Waals surface area contributed by atoms with Gasteiger partial charge in [0, 0.05) is 19.3 Å². The first-order chi connectivity index (χ1) is 26.0. The van der Waals surface area contributed by atoms with Gasteiger partial charge >= 0.3 is 17.9 Å². The first-order valence-corrected chi connectivity index (χ1v) is 23.5. The van der Waals surface area contributed by atoms with Crippen LogP contribution in [-0.2, 0) is 28.6 Å². The molecule has 0 N–H and O–H groups in total. The van der Waals surface area contributed by atoms with Gasteiger partial charge in [-0.1, -0.05) is 226 Å². The Hall–Kier alpha value is -1.59. The van der Waals surface area contributed by atoms with Crippen LogP contribution in [0.3, 0.4) is 0 Å². The molecule has 0 aromatic heterocycles. The molecule has 6 nitrogen and oxygen atoms in total. The lowest BCUT2D eigenvalue weighted by Gasteiger charge is -2.18. The summed E-state index contributed by atoms with van der Waals surface area (Å²) in [6, 6.07) is 0. The maximum absolute atomic E-state index is 12.6. The Morgan fingerprint density at radius 1 is 0.302 bits per heavy atom. The van der Waals surface area contributed by atoms with Gasteiger partial charge in [-0.25, -0.2) is 0 Å². The number of hydrogen-bond donors (Lipinski definition) is 0. The van der Waals surface area contributed by atoms with E-state index in [2.05, 4.69) is 20.8 Å². The second-order valence-corrected chi connectivity index (χ2v) is 16.0. The van der Waals surface area contributed by atoms with Gasteiger partial charge in [0.2, 0.25) is 0 Å². The number of rotatable bonds is 43. The highest BCUT2D eigenvalue weighted by molar-refractivity contribution is 5.71. The maximum atomic E-state index is 12.6. The van der Waals surface area contributed by atoms with Gasteiger partial charge in [-0.2, -0.15) is 0 Å². The standard InChI is InChI=1S/C47H90O6/c1-4-7-10-13-16-18-20-21-22-23-24-25-27-29-32-34-37-40-46(49)52-43-44(53-47(50)41-38-35-30-15-12-9-6-3)42-51-45(48)39-36-33-31-28-26-19-17-14-11-8-5-2/h44H,4-43H2,1-3H3/t44-/m0/s1. The molecule has 1 atom stereocenters. The molecule has 0 aliphatic carbocycles. The van der Waals surface area contributed by atoms with E-state index in [1.807, 2.05) is 0 Å². The lowest BCUT2D eigenvalue weighted by molar-refractivity contribution is -0.167. The predicted octanol–water partition coefficient (Wildman–Crippen LogP) is 14.9. The Morgan fingerprint density at radius 2 is 0.509 bits per heavy atom. The van der Waals surface area contributed by atoms with E-state index in [1.165, 1.54) is 167 Å². The van der Waals surface area contributed by atoms with Gasteiger partial charge < -0.3 is 14.2 Å².